The van der Waals surface area contributed by atoms with Gasteiger partial charge in [0.1, 0.15) is 17.3 Å². The number of hydrogen-bond acceptors (Lipinski definition) is 2. The van der Waals surface area contributed by atoms with Crippen molar-refractivity contribution in [3.63, 3.8) is 0 Å². The van der Waals surface area contributed by atoms with Crippen LogP contribution in [0.1, 0.15) is 36.1 Å². The molecule has 0 heterocycles. The SMILES string of the molecule is Cc1cc(C=Nc2c(F)cc(F)cc2F)c(O)c(C(C)(C)c2ccccc2)c1. The molecule has 5 heteroatoms. The number of halogens is 3. The van der Waals surface area contributed by atoms with Gasteiger partial charge in [-0.05, 0) is 24.1 Å². The zero-order valence-corrected chi connectivity index (χ0v) is 15.8. The fourth-order valence-electron chi connectivity index (χ4n) is 3.18. The Morgan fingerprint density at radius 2 is 1.54 bits per heavy atom. The quantitative estimate of drug-likeness (QED) is 0.535. The highest BCUT2D eigenvalue weighted by molar-refractivity contribution is 5.86. The minimum Gasteiger partial charge on any atom is -0.507 e. The third kappa shape index (κ3) is 3.79. The summed E-state index contributed by atoms with van der Waals surface area (Å²) >= 11 is 0. The molecular formula is C23H20F3NO. The standard InChI is InChI=1S/C23H20F3NO/c1-14-9-15(13-27-21-19(25)11-17(24)12-20(21)26)22(28)18(10-14)23(2,3)16-7-5-4-6-8-16/h4-13,28H,1-3H3. The van der Waals surface area contributed by atoms with Crippen LogP contribution in [-0.4, -0.2) is 11.3 Å². The minimum absolute atomic E-state index is 0.0221. The maximum Gasteiger partial charge on any atom is 0.154 e. The first kappa shape index (κ1) is 19.7. The third-order valence-electron chi connectivity index (χ3n) is 4.77. The average molecular weight is 383 g/mol. The molecule has 0 aliphatic rings. The van der Waals surface area contributed by atoms with E-state index in [2.05, 4.69) is 4.99 Å². The van der Waals surface area contributed by atoms with Crippen LogP contribution in [0, 0.1) is 24.4 Å². The highest BCUT2D eigenvalue weighted by Gasteiger charge is 2.27. The van der Waals surface area contributed by atoms with Crippen LogP contribution >= 0.6 is 0 Å². The molecule has 3 aromatic rings. The zero-order chi connectivity index (χ0) is 20.5. The maximum absolute atomic E-state index is 13.8. The lowest BCUT2D eigenvalue weighted by atomic mass is 9.76. The van der Waals surface area contributed by atoms with Crippen molar-refractivity contribution in [3.8, 4) is 5.75 Å². The van der Waals surface area contributed by atoms with Crippen LogP contribution in [0.15, 0.2) is 59.6 Å². The van der Waals surface area contributed by atoms with Crippen molar-refractivity contribution in [2.45, 2.75) is 26.2 Å². The fourth-order valence-corrected chi connectivity index (χ4v) is 3.18. The number of nitrogens with zero attached hydrogens (tertiary/aromatic N) is 1. The number of aryl methyl sites for hydroxylation is 1. The lowest BCUT2D eigenvalue weighted by Crippen LogP contribution is -2.19. The third-order valence-corrected chi connectivity index (χ3v) is 4.77. The number of benzene rings is 3. The normalized spacial score (nSPS) is 11.9. The van der Waals surface area contributed by atoms with E-state index in [0.717, 1.165) is 11.1 Å². The van der Waals surface area contributed by atoms with Gasteiger partial charge < -0.3 is 5.11 Å². The summed E-state index contributed by atoms with van der Waals surface area (Å²) in [6.45, 7) is 5.83. The second-order valence-corrected chi connectivity index (χ2v) is 7.22. The predicted octanol–water partition coefficient (Wildman–Crippen LogP) is 6.19. The molecule has 1 N–H and O–H groups in total. The molecule has 0 aliphatic heterocycles. The highest BCUT2D eigenvalue weighted by atomic mass is 19.1. The lowest BCUT2D eigenvalue weighted by Gasteiger charge is -2.28. The van der Waals surface area contributed by atoms with E-state index in [1.807, 2.05) is 57.2 Å². The molecule has 0 aromatic heterocycles. The van der Waals surface area contributed by atoms with Crippen LogP contribution < -0.4 is 0 Å². The molecule has 0 unspecified atom stereocenters. The molecule has 0 spiro atoms. The molecular weight excluding hydrogens is 363 g/mol. The van der Waals surface area contributed by atoms with Crippen LogP contribution in [0.2, 0.25) is 0 Å². The Morgan fingerprint density at radius 1 is 0.929 bits per heavy atom. The number of phenols is 1. The summed E-state index contributed by atoms with van der Waals surface area (Å²) in [4.78, 5) is 3.81. The van der Waals surface area contributed by atoms with Gasteiger partial charge in [0.15, 0.2) is 11.6 Å². The summed E-state index contributed by atoms with van der Waals surface area (Å²) in [7, 11) is 0. The second kappa shape index (κ2) is 7.50. The summed E-state index contributed by atoms with van der Waals surface area (Å²) in [6.07, 6.45) is 1.19. The van der Waals surface area contributed by atoms with Crippen molar-refractivity contribution in [3.05, 3.63) is 94.3 Å². The summed E-state index contributed by atoms with van der Waals surface area (Å²) in [5.41, 5.74) is 1.74. The number of aliphatic imine (C=N–C) groups is 1. The topological polar surface area (TPSA) is 32.6 Å². The molecule has 144 valence electrons. The summed E-state index contributed by atoms with van der Waals surface area (Å²) in [6, 6.07) is 14.4. The molecule has 0 saturated carbocycles. The highest BCUT2D eigenvalue weighted by Crippen LogP contribution is 2.39. The summed E-state index contributed by atoms with van der Waals surface area (Å²) < 4.78 is 40.7. The lowest BCUT2D eigenvalue weighted by molar-refractivity contribution is 0.452. The molecule has 3 aromatic carbocycles. The van der Waals surface area contributed by atoms with Gasteiger partial charge in [0, 0.05) is 34.9 Å². The van der Waals surface area contributed by atoms with Gasteiger partial charge in [-0.1, -0.05) is 50.2 Å². The van der Waals surface area contributed by atoms with E-state index in [-0.39, 0.29) is 5.75 Å². The van der Waals surface area contributed by atoms with Crippen molar-refractivity contribution in [1.82, 2.24) is 0 Å². The monoisotopic (exact) mass is 383 g/mol. The van der Waals surface area contributed by atoms with Crippen LogP contribution in [0.25, 0.3) is 0 Å². The van der Waals surface area contributed by atoms with Crippen LogP contribution in [0.5, 0.6) is 5.75 Å². The summed E-state index contributed by atoms with van der Waals surface area (Å²) in [5, 5.41) is 10.8. The molecule has 0 atom stereocenters. The first-order chi connectivity index (χ1) is 13.2. The molecule has 0 radical (unpaired) electrons. The van der Waals surface area contributed by atoms with Gasteiger partial charge >= 0.3 is 0 Å². The van der Waals surface area contributed by atoms with E-state index in [4.69, 9.17) is 0 Å². The van der Waals surface area contributed by atoms with Crippen molar-refractivity contribution in [1.29, 1.82) is 0 Å². The van der Waals surface area contributed by atoms with Gasteiger partial charge in [-0.15, -0.1) is 0 Å². The molecule has 0 aliphatic carbocycles. The van der Waals surface area contributed by atoms with E-state index in [0.29, 0.717) is 23.3 Å². The first-order valence-corrected chi connectivity index (χ1v) is 8.78. The van der Waals surface area contributed by atoms with Crippen LogP contribution in [0.4, 0.5) is 18.9 Å². The second-order valence-electron chi connectivity index (χ2n) is 7.22. The van der Waals surface area contributed by atoms with Crippen molar-refractivity contribution in [2.75, 3.05) is 0 Å². The van der Waals surface area contributed by atoms with Gasteiger partial charge in [0.25, 0.3) is 0 Å². The molecule has 0 amide bonds. The Morgan fingerprint density at radius 3 is 2.14 bits per heavy atom. The van der Waals surface area contributed by atoms with Crippen LogP contribution in [-0.2, 0) is 5.41 Å². The zero-order valence-electron chi connectivity index (χ0n) is 15.8. The smallest absolute Gasteiger partial charge is 0.154 e. The van der Waals surface area contributed by atoms with Gasteiger partial charge in [-0.3, -0.25) is 0 Å². The Balaban J connectivity index is 2.08. The number of hydrogen-bond donors (Lipinski definition) is 1. The Bertz CT molecular complexity index is 1020. The van der Waals surface area contributed by atoms with Crippen molar-refractivity contribution in [2.24, 2.45) is 4.99 Å². The largest absolute Gasteiger partial charge is 0.507 e. The molecule has 0 bridgehead atoms. The van der Waals surface area contributed by atoms with E-state index in [1.54, 1.807) is 6.07 Å². The maximum atomic E-state index is 13.8. The molecule has 0 saturated heterocycles. The van der Waals surface area contributed by atoms with Crippen molar-refractivity contribution < 1.29 is 18.3 Å². The first-order valence-electron chi connectivity index (χ1n) is 8.78. The number of phenolic OH excluding ortho intramolecular Hbond substituents is 1. The number of rotatable bonds is 4. The van der Waals surface area contributed by atoms with Gasteiger partial charge in [0.2, 0.25) is 0 Å². The Kier molecular flexibility index (Phi) is 5.27. The minimum atomic E-state index is -1.11. The fraction of sp³-hybridized carbons (Fsp3) is 0.174. The van der Waals surface area contributed by atoms with E-state index >= 15 is 0 Å². The van der Waals surface area contributed by atoms with Crippen molar-refractivity contribution >= 4 is 11.9 Å². The van der Waals surface area contributed by atoms with Crippen LogP contribution in [0.3, 0.4) is 0 Å². The Labute approximate surface area is 162 Å². The summed E-state index contributed by atoms with van der Waals surface area (Å²) in [5.74, 6) is -3.25. The van der Waals surface area contributed by atoms with E-state index in [9.17, 15) is 18.3 Å². The Hall–Kier alpha value is -3.08. The molecule has 2 nitrogen and oxygen atoms in total. The van der Waals surface area contributed by atoms with Gasteiger partial charge in [-0.25, -0.2) is 18.2 Å². The average Bonchev–Trinajstić information content (AvgIpc) is 2.63. The van der Waals surface area contributed by atoms with Gasteiger partial charge in [0.05, 0.1) is 0 Å². The molecule has 3 rings (SSSR count). The molecule has 28 heavy (non-hydrogen) atoms. The van der Waals surface area contributed by atoms with E-state index < -0.39 is 28.6 Å². The van der Waals surface area contributed by atoms with Gasteiger partial charge in [-0.2, -0.15) is 0 Å². The predicted molar refractivity (Wildman–Crippen MR) is 105 cm³/mol. The number of aromatic hydroxyl groups is 1. The molecule has 0 fully saturated rings. The van der Waals surface area contributed by atoms with E-state index in [1.165, 1.54) is 6.21 Å².